The largest absolute Gasteiger partial charge is 0.398 e. The number of carbonyl (C=O) groups is 2. The van der Waals surface area contributed by atoms with E-state index in [1.54, 1.807) is 12.1 Å². The molecule has 0 heterocycles. The number of carbonyl (C=O) groups excluding carboxylic acids is 2. The molecule has 2 aromatic rings. The Labute approximate surface area is 125 Å². The SMILES string of the molecule is Nc1ccccc1C(=O)OC(=O)c1ccc(Cl)cc1Cl. The molecule has 0 aliphatic heterocycles. The van der Waals surface area contributed by atoms with E-state index >= 15 is 0 Å². The lowest BCUT2D eigenvalue weighted by Crippen LogP contribution is -2.14. The highest BCUT2D eigenvalue weighted by Gasteiger charge is 2.19. The van der Waals surface area contributed by atoms with Crippen LogP contribution in [0.2, 0.25) is 10.0 Å². The standard InChI is InChI=1S/C14H9Cl2NO3/c15-8-5-6-9(11(16)7-8)13(18)20-14(19)10-3-1-2-4-12(10)17/h1-7H,17H2. The quantitative estimate of drug-likeness (QED) is 0.523. The molecule has 0 radical (unpaired) electrons. The lowest BCUT2D eigenvalue weighted by Gasteiger charge is -2.06. The Kier molecular flexibility index (Phi) is 4.27. The number of para-hydroxylation sites is 1. The Morgan fingerprint density at radius 2 is 1.60 bits per heavy atom. The predicted molar refractivity (Wildman–Crippen MR) is 77.1 cm³/mol. The number of nitrogen functional groups attached to an aromatic ring is 1. The molecule has 20 heavy (non-hydrogen) atoms. The summed E-state index contributed by atoms with van der Waals surface area (Å²) in [6.45, 7) is 0. The fraction of sp³-hybridized carbons (Fsp3) is 0. The van der Waals surface area contributed by atoms with Crippen molar-refractivity contribution < 1.29 is 14.3 Å². The van der Waals surface area contributed by atoms with Crippen molar-refractivity contribution >= 4 is 40.8 Å². The summed E-state index contributed by atoms with van der Waals surface area (Å²) in [6, 6.07) is 10.5. The van der Waals surface area contributed by atoms with E-state index in [9.17, 15) is 9.59 Å². The number of halogens is 2. The monoisotopic (exact) mass is 309 g/mol. The number of hydrogen-bond donors (Lipinski definition) is 1. The van der Waals surface area contributed by atoms with Crippen molar-refractivity contribution in [3.63, 3.8) is 0 Å². The van der Waals surface area contributed by atoms with Gasteiger partial charge in [-0.15, -0.1) is 0 Å². The number of rotatable bonds is 2. The summed E-state index contributed by atoms with van der Waals surface area (Å²) < 4.78 is 4.74. The second-order valence-electron chi connectivity index (χ2n) is 3.89. The van der Waals surface area contributed by atoms with E-state index in [1.165, 1.54) is 30.3 Å². The van der Waals surface area contributed by atoms with E-state index in [0.29, 0.717) is 5.02 Å². The summed E-state index contributed by atoms with van der Waals surface area (Å²) in [6.07, 6.45) is 0. The molecule has 0 aliphatic rings. The van der Waals surface area contributed by atoms with Gasteiger partial charge in [0.25, 0.3) is 0 Å². The molecule has 6 heteroatoms. The first-order valence-corrected chi connectivity index (χ1v) is 6.30. The van der Waals surface area contributed by atoms with E-state index in [0.717, 1.165) is 0 Å². The van der Waals surface area contributed by atoms with Gasteiger partial charge >= 0.3 is 11.9 Å². The van der Waals surface area contributed by atoms with Crippen LogP contribution in [-0.4, -0.2) is 11.9 Å². The molecule has 0 fully saturated rings. The van der Waals surface area contributed by atoms with Gasteiger partial charge in [0.1, 0.15) is 0 Å². The lowest BCUT2D eigenvalue weighted by molar-refractivity contribution is 0.0399. The van der Waals surface area contributed by atoms with Crippen molar-refractivity contribution in [3.8, 4) is 0 Å². The fourth-order valence-electron chi connectivity index (χ4n) is 1.53. The first-order valence-electron chi connectivity index (χ1n) is 5.55. The van der Waals surface area contributed by atoms with Crippen LogP contribution in [0, 0.1) is 0 Å². The highest BCUT2D eigenvalue weighted by atomic mass is 35.5. The molecule has 0 atom stereocenters. The molecule has 0 amide bonds. The molecule has 2 rings (SSSR count). The van der Waals surface area contributed by atoms with Crippen molar-refractivity contribution in [2.75, 3.05) is 5.73 Å². The smallest absolute Gasteiger partial charge is 0.348 e. The van der Waals surface area contributed by atoms with Crippen molar-refractivity contribution in [3.05, 3.63) is 63.6 Å². The third-order valence-electron chi connectivity index (χ3n) is 2.52. The van der Waals surface area contributed by atoms with Crippen LogP contribution in [0.25, 0.3) is 0 Å². The molecular weight excluding hydrogens is 301 g/mol. The van der Waals surface area contributed by atoms with Crippen molar-refractivity contribution in [1.29, 1.82) is 0 Å². The first-order chi connectivity index (χ1) is 9.49. The number of benzene rings is 2. The highest BCUT2D eigenvalue weighted by molar-refractivity contribution is 6.36. The van der Waals surface area contributed by atoms with Gasteiger partial charge in [-0.1, -0.05) is 35.3 Å². The average molecular weight is 310 g/mol. The Morgan fingerprint density at radius 1 is 0.950 bits per heavy atom. The minimum Gasteiger partial charge on any atom is -0.398 e. The average Bonchev–Trinajstić information content (AvgIpc) is 2.38. The summed E-state index contributed by atoms with van der Waals surface area (Å²) in [5.41, 5.74) is 6.03. The maximum atomic E-state index is 11.9. The Balaban J connectivity index is 2.20. The molecule has 0 saturated carbocycles. The van der Waals surface area contributed by atoms with Gasteiger partial charge in [0.15, 0.2) is 0 Å². The number of esters is 2. The molecule has 2 aromatic carbocycles. The van der Waals surface area contributed by atoms with Crippen LogP contribution in [-0.2, 0) is 4.74 Å². The van der Waals surface area contributed by atoms with Gasteiger partial charge < -0.3 is 10.5 Å². The third kappa shape index (κ3) is 3.10. The van der Waals surface area contributed by atoms with Crippen LogP contribution < -0.4 is 5.73 Å². The van der Waals surface area contributed by atoms with Gasteiger partial charge in [-0.2, -0.15) is 0 Å². The van der Waals surface area contributed by atoms with E-state index < -0.39 is 11.9 Å². The number of ether oxygens (including phenoxy) is 1. The minimum absolute atomic E-state index is 0.0546. The van der Waals surface area contributed by atoms with Gasteiger partial charge in [-0.05, 0) is 30.3 Å². The Hall–Kier alpha value is -2.04. The van der Waals surface area contributed by atoms with Crippen molar-refractivity contribution in [1.82, 2.24) is 0 Å². The molecule has 0 spiro atoms. The molecule has 0 unspecified atom stereocenters. The highest BCUT2D eigenvalue weighted by Crippen LogP contribution is 2.22. The van der Waals surface area contributed by atoms with Crippen LogP contribution in [0.5, 0.6) is 0 Å². The molecule has 4 nitrogen and oxygen atoms in total. The van der Waals surface area contributed by atoms with Crippen LogP contribution >= 0.6 is 23.2 Å². The van der Waals surface area contributed by atoms with Gasteiger partial charge in [-0.3, -0.25) is 0 Å². The minimum atomic E-state index is -0.861. The third-order valence-corrected chi connectivity index (χ3v) is 3.06. The Bertz CT molecular complexity index is 686. The summed E-state index contributed by atoms with van der Waals surface area (Å²) in [5.74, 6) is -1.70. The molecular formula is C14H9Cl2NO3. The van der Waals surface area contributed by atoms with Gasteiger partial charge in [-0.25, -0.2) is 9.59 Å². The zero-order valence-electron chi connectivity index (χ0n) is 10.1. The van der Waals surface area contributed by atoms with Crippen LogP contribution in [0.4, 0.5) is 5.69 Å². The lowest BCUT2D eigenvalue weighted by atomic mass is 10.2. The molecule has 0 saturated heterocycles. The first kappa shape index (κ1) is 14.4. The fourth-order valence-corrected chi connectivity index (χ4v) is 2.02. The zero-order chi connectivity index (χ0) is 14.7. The van der Waals surface area contributed by atoms with Gasteiger partial charge in [0, 0.05) is 10.7 Å². The van der Waals surface area contributed by atoms with Crippen LogP contribution in [0.3, 0.4) is 0 Å². The number of anilines is 1. The summed E-state index contributed by atoms with van der Waals surface area (Å²) in [5, 5.41) is 0.488. The van der Waals surface area contributed by atoms with Crippen molar-refractivity contribution in [2.24, 2.45) is 0 Å². The second-order valence-corrected chi connectivity index (χ2v) is 4.73. The predicted octanol–water partition coefficient (Wildman–Crippen LogP) is 3.57. The maximum Gasteiger partial charge on any atom is 0.348 e. The van der Waals surface area contributed by atoms with Gasteiger partial charge in [0.2, 0.25) is 0 Å². The van der Waals surface area contributed by atoms with E-state index in [-0.39, 0.29) is 21.8 Å². The molecule has 102 valence electrons. The zero-order valence-corrected chi connectivity index (χ0v) is 11.6. The summed E-state index contributed by atoms with van der Waals surface area (Å²) in [4.78, 5) is 23.7. The molecule has 0 aromatic heterocycles. The normalized spacial score (nSPS) is 10.1. The number of nitrogens with two attached hydrogens (primary N) is 1. The molecule has 0 bridgehead atoms. The van der Waals surface area contributed by atoms with E-state index in [4.69, 9.17) is 33.7 Å². The van der Waals surface area contributed by atoms with Gasteiger partial charge in [0.05, 0.1) is 16.1 Å². The summed E-state index contributed by atoms with van der Waals surface area (Å²) in [7, 11) is 0. The molecule has 0 aliphatic carbocycles. The summed E-state index contributed by atoms with van der Waals surface area (Å²) >= 11 is 11.6. The number of hydrogen-bond acceptors (Lipinski definition) is 4. The van der Waals surface area contributed by atoms with Crippen LogP contribution in [0.15, 0.2) is 42.5 Å². The van der Waals surface area contributed by atoms with E-state index in [1.807, 2.05) is 0 Å². The van der Waals surface area contributed by atoms with Crippen LogP contribution in [0.1, 0.15) is 20.7 Å². The molecule has 2 N–H and O–H groups in total. The van der Waals surface area contributed by atoms with E-state index in [2.05, 4.69) is 0 Å². The Morgan fingerprint density at radius 3 is 2.25 bits per heavy atom. The van der Waals surface area contributed by atoms with Crippen molar-refractivity contribution in [2.45, 2.75) is 0 Å². The topological polar surface area (TPSA) is 69.4 Å². The maximum absolute atomic E-state index is 11.9. The second kappa shape index (κ2) is 5.94.